The molecule has 0 saturated carbocycles. The highest BCUT2D eigenvalue weighted by atomic mass is 16.5. The van der Waals surface area contributed by atoms with Crippen molar-refractivity contribution in [3.05, 3.63) is 29.6 Å². The molecule has 1 amide bonds. The Labute approximate surface area is 98.6 Å². The highest BCUT2D eigenvalue weighted by Crippen LogP contribution is 2.03. The SMILES string of the molecule is COC[C@H](NC(=O)c1ncccc1C)C(=O)O. The van der Waals surface area contributed by atoms with E-state index in [-0.39, 0.29) is 12.3 Å². The molecule has 1 rings (SSSR count). The van der Waals surface area contributed by atoms with E-state index in [9.17, 15) is 9.59 Å². The second kappa shape index (κ2) is 5.95. The van der Waals surface area contributed by atoms with Crippen LogP contribution < -0.4 is 5.32 Å². The van der Waals surface area contributed by atoms with E-state index >= 15 is 0 Å². The third kappa shape index (κ3) is 3.53. The minimum absolute atomic E-state index is 0.0903. The normalized spacial score (nSPS) is 11.9. The third-order valence-corrected chi connectivity index (χ3v) is 2.16. The van der Waals surface area contributed by atoms with Crippen LogP contribution in [0.15, 0.2) is 18.3 Å². The molecule has 0 aliphatic carbocycles. The number of hydrogen-bond donors (Lipinski definition) is 2. The summed E-state index contributed by atoms with van der Waals surface area (Å²) in [5, 5.41) is 11.2. The molecule has 0 aliphatic heterocycles. The van der Waals surface area contributed by atoms with E-state index in [0.29, 0.717) is 5.56 Å². The summed E-state index contributed by atoms with van der Waals surface area (Å²) in [5.41, 5.74) is 0.904. The van der Waals surface area contributed by atoms with Crippen LogP contribution in [0.25, 0.3) is 0 Å². The van der Waals surface area contributed by atoms with E-state index in [1.54, 1.807) is 19.1 Å². The number of aryl methyl sites for hydroxylation is 1. The first kappa shape index (κ1) is 13.1. The molecule has 6 nitrogen and oxygen atoms in total. The molecule has 6 heteroatoms. The van der Waals surface area contributed by atoms with E-state index in [4.69, 9.17) is 9.84 Å². The predicted molar refractivity (Wildman–Crippen MR) is 59.7 cm³/mol. The molecular weight excluding hydrogens is 224 g/mol. The van der Waals surface area contributed by atoms with Crippen molar-refractivity contribution in [3.8, 4) is 0 Å². The standard InChI is InChI=1S/C11H14N2O4/c1-7-4-3-5-12-9(7)10(14)13-8(6-17-2)11(15)16/h3-5,8H,6H2,1-2H3,(H,13,14)(H,15,16)/t8-/m0/s1. The number of carboxylic acid groups (broad SMARTS) is 1. The smallest absolute Gasteiger partial charge is 0.328 e. The van der Waals surface area contributed by atoms with Gasteiger partial charge in [0.2, 0.25) is 0 Å². The van der Waals surface area contributed by atoms with Crippen molar-refractivity contribution < 1.29 is 19.4 Å². The molecular formula is C11H14N2O4. The maximum atomic E-state index is 11.8. The summed E-state index contributed by atoms with van der Waals surface area (Å²) in [7, 11) is 1.37. The van der Waals surface area contributed by atoms with Crippen molar-refractivity contribution in [1.82, 2.24) is 10.3 Å². The number of methoxy groups -OCH3 is 1. The number of nitrogens with zero attached hydrogens (tertiary/aromatic N) is 1. The number of hydrogen-bond acceptors (Lipinski definition) is 4. The van der Waals surface area contributed by atoms with E-state index in [1.165, 1.54) is 13.3 Å². The fourth-order valence-corrected chi connectivity index (χ4v) is 1.29. The van der Waals surface area contributed by atoms with Gasteiger partial charge in [0, 0.05) is 13.3 Å². The molecule has 0 radical (unpaired) electrons. The number of pyridine rings is 1. The largest absolute Gasteiger partial charge is 0.480 e. The van der Waals surface area contributed by atoms with Crippen LogP contribution in [0.1, 0.15) is 16.1 Å². The van der Waals surface area contributed by atoms with Crippen molar-refractivity contribution in [2.45, 2.75) is 13.0 Å². The molecule has 1 atom stereocenters. The van der Waals surface area contributed by atoms with Gasteiger partial charge in [-0.1, -0.05) is 6.07 Å². The Morgan fingerprint density at radius 2 is 2.29 bits per heavy atom. The van der Waals surface area contributed by atoms with Crippen LogP contribution in [0.5, 0.6) is 0 Å². The minimum atomic E-state index is -1.14. The van der Waals surface area contributed by atoms with Gasteiger partial charge in [-0.2, -0.15) is 0 Å². The molecule has 1 aromatic heterocycles. The Morgan fingerprint density at radius 3 is 2.82 bits per heavy atom. The van der Waals surface area contributed by atoms with E-state index in [0.717, 1.165) is 0 Å². The van der Waals surface area contributed by atoms with Gasteiger partial charge in [0.25, 0.3) is 5.91 Å². The summed E-state index contributed by atoms with van der Waals surface area (Å²) in [5.74, 6) is -1.67. The van der Waals surface area contributed by atoms with Gasteiger partial charge in [-0.25, -0.2) is 4.79 Å². The molecule has 1 heterocycles. The monoisotopic (exact) mass is 238 g/mol. The number of amides is 1. The second-order valence-corrected chi connectivity index (χ2v) is 3.49. The summed E-state index contributed by atoms with van der Waals surface area (Å²) in [6.07, 6.45) is 1.48. The van der Waals surface area contributed by atoms with E-state index in [2.05, 4.69) is 10.3 Å². The molecule has 0 spiro atoms. The summed E-state index contributed by atoms with van der Waals surface area (Å²) in [4.78, 5) is 26.5. The van der Waals surface area contributed by atoms with Crippen LogP contribution >= 0.6 is 0 Å². The number of ether oxygens (including phenoxy) is 1. The Kier molecular flexibility index (Phi) is 4.59. The van der Waals surface area contributed by atoms with Crippen LogP contribution in [-0.4, -0.2) is 41.7 Å². The number of carbonyl (C=O) groups is 2. The fourth-order valence-electron chi connectivity index (χ4n) is 1.29. The number of rotatable bonds is 5. The lowest BCUT2D eigenvalue weighted by Crippen LogP contribution is -2.44. The Hall–Kier alpha value is -1.95. The second-order valence-electron chi connectivity index (χ2n) is 3.49. The van der Waals surface area contributed by atoms with Gasteiger partial charge in [0.15, 0.2) is 6.04 Å². The summed E-state index contributed by atoms with van der Waals surface area (Å²) < 4.78 is 4.72. The lowest BCUT2D eigenvalue weighted by Gasteiger charge is -2.13. The molecule has 0 saturated heterocycles. The zero-order valence-electron chi connectivity index (χ0n) is 9.64. The molecule has 1 aromatic rings. The summed E-state index contributed by atoms with van der Waals surface area (Å²) in [6.45, 7) is 1.64. The van der Waals surface area contributed by atoms with Crippen LogP contribution in [0.3, 0.4) is 0 Å². The first-order valence-electron chi connectivity index (χ1n) is 5.00. The molecule has 2 N–H and O–H groups in total. The fraction of sp³-hybridized carbons (Fsp3) is 0.364. The van der Waals surface area contributed by atoms with Crippen LogP contribution in [0, 0.1) is 6.92 Å². The highest BCUT2D eigenvalue weighted by Gasteiger charge is 2.21. The number of aliphatic carboxylic acids is 1. The lowest BCUT2D eigenvalue weighted by atomic mass is 10.2. The van der Waals surface area contributed by atoms with Crippen LogP contribution in [0.2, 0.25) is 0 Å². The van der Waals surface area contributed by atoms with Gasteiger partial charge in [0.1, 0.15) is 5.69 Å². The van der Waals surface area contributed by atoms with E-state index < -0.39 is 17.9 Å². The molecule has 0 aromatic carbocycles. The quantitative estimate of drug-likeness (QED) is 0.766. The topological polar surface area (TPSA) is 88.5 Å². The van der Waals surface area contributed by atoms with Gasteiger partial charge in [-0.3, -0.25) is 9.78 Å². The maximum absolute atomic E-state index is 11.8. The number of nitrogens with one attached hydrogen (secondary N) is 1. The van der Waals surface area contributed by atoms with Crippen molar-refractivity contribution >= 4 is 11.9 Å². The number of aromatic nitrogens is 1. The highest BCUT2D eigenvalue weighted by molar-refractivity contribution is 5.96. The van der Waals surface area contributed by atoms with Gasteiger partial charge in [0.05, 0.1) is 6.61 Å². The Balaban J connectivity index is 2.77. The van der Waals surface area contributed by atoms with Gasteiger partial charge in [-0.05, 0) is 18.6 Å². The number of carboxylic acids is 1. The summed E-state index contributed by atoms with van der Waals surface area (Å²) in [6, 6.07) is 2.36. The average molecular weight is 238 g/mol. The molecule has 0 bridgehead atoms. The Morgan fingerprint density at radius 1 is 1.59 bits per heavy atom. The van der Waals surface area contributed by atoms with Crippen molar-refractivity contribution in [3.63, 3.8) is 0 Å². The first-order valence-corrected chi connectivity index (χ1v) is 5.00. The van der Waals surface area contributed by atoms with Crippen molar-refractivity contribution in [1.29, 1.82) is 0 Å². The van der Waals surface area contributed by atoms with Crippen molar-refractivity contribution in [2.24, 2.45) is 0 Å². The zero-order chi connectivity index (χ0) is 12.8. The average Bonchev–Trinajstić information content (AvgIpc) is 2.28. The van der Waals surface area contributed by atoms with Gasteiger partial charge >= 0.3 is 5.97 Å². The maximum Gasteiger partial charge on any atom is 0.328 e. The molecule has 92 valence electrons. The van der Waals surface area contributed by atoms with Crippen molar-refractivity contribution in [2.75, 3.05) is 13.7 Å². The lowest BCUT2D eigenvalue weighted by molar-refractivity contribution is -0.140. The minimum Gasteiger partial charge on any atom is -0.480 e. The zero-order valence-corrected chi connectivity index (χ0v) is 9.64. The van der Waals surface area contributed by atoms with Crippen LogP contribution in [-0.2, 0) is 9.53 Å². The molecule has 0 unspecified atom stereocenters. The van der Waals surface area contributed by atoms with Crippen LogP contribution in [0.4, 0.5) is 0 Å². The van der Waals surface area contributed by atoms with Gasteiger partial charge < -0.3 is 15.2 Å². The number of carbonyl (C=O) groups excluding carboxylic acids is 1. The van der Waals surface area contributed by atoms with E-state index in [1.807, 2.05) is 0 Å². The van der Waals surface area contributed by atoms with Gasteiger partial charge in [-0.15, -0.1) is 0 Å². The summed E-state index contributed by atoms with van der Waals surface area (Å²) >= 11 is 0. The Bertz CT molecular complexity index is 420. The third-order valence-electron chi connectivity index (χ3n) is 2.16. The molecule has 0 fully saturated rings. The predicted octanol–water partition coefficient (Wildman–Crippen LogP) is 0.219. The molecule has 17 heavy (non-hydrogen) atoms. The molecule has 0 aliphatic rings. The first-order chi connectivity index (χ1) is 8.06.